The van der Waals surface area contributed by atoms with Gasteiger partial charge in [-0.1, -0.05) is 0 Å². The molecule has 0 amide bonds. The van der Waals surface area contributed by atoms with Gasteiger partial charge in [-0.05, 0) is 55.9 Å². The smallest absolute Gasteiger partial charge is 0.387 e. The summed E-state index contributed by atoms with van der Waals surface area (Å²) in [5.74, 6) is 0.114. The van der Waals surface area contributed by atoms with Crippen LogP contribution in [0.4, 0.5) is 8.78 Å². The summed E-state index contributed by atoms with van der Waals surface area (Å²) < 4.78 is 28.2. The molecular weight excluding hydrogens is 272 g/mol. The highest BCUT2D eigenvalue weighted by atomic mass is 32.1. The fraction of sp³-hybridized carbons (Fsp3) is 0.333. The monoisotopic (exact) mass is 287 g/mol. The number of benzene rings is 1. The second-order valence-electron chi connectivity index (χ2n) is 3.57. The zero-order valence-corrected chi connectivity index (χ0v) is 11.4. The predicted molar refractivity (Wildman–Crippen MR) is 74.7 cm³/mol. The van der Waals surface area contributed by atoms with Gasteiger partial charge in [-0.3, -0.25) is 5.43 Å². The minimum Gasteiger partial charge on any atom is -0.435 e. The van der Waals surface area contributed by atoms with E-state index in [4.69, 9.17) is 12.2 Å². The third-order valence-corrected chi connectivity index (χ3v) is 2.40. The summed E-state index contributed by atoms with van der Waals surface area (Å²) in [7, 11) is 0. The lowest BCUT2D eigenvalue weighted by molar-refractivity contribution is -0.0498. The van der Waals surface area contributed by atoms with Crippen molar-refractivity contribution in [2.24, 2.45) is 5.10 Å². The standard InChI is InChI=1S/C12H15F2N3OS/c1-3-15-12(19)17-16-8(2)9-4-6-10(7-5-9)18-11(13)14/h4-7,11H,3H2,1-2H3,(H2,15,17,19)/b16-8+. The van der Waals surface area contributed by atoms with Gasteiger partial charge in [0, 0.05) is 6.54 Å². The van der Waals surface area contributed by atoms with E-state index in [0.717, 1.165) is 5.56 Å². The van der Waals surface area contributed by atoms with E-state index >= 15 is 0 Å². The number of halogens is 2. The van der Waals surface area contributed by atoms with E-state index < -0.39 is 6.61 Å². The summed E-state index contributed by atoms with van der Waals surface area (Å²) in [6.45, 7) is 1.59. The van der Waals surface area contributed by atoms with Gasteiger partial charge in [0.1, 0.15) is 5.75 Å². The molecule has 0 fully saturated rings. The van der Waals surface area contributed by atoms with Gasteiger partial charge in [0.15, 0.2) is 5.11 Å². The van der Waals surface area contributed by atoms with Crippen molar-refractivity contribution in [1.29, 1.82) is 0 Å². The van der Waals surface area contributed by atoms with Crippen LogP contribution in [-0.2, 0) is 0 Å². The first kappa shape index (κ1) is 15.3. The molecule has 0 bridgehead atoms. The molecule has 1 aromatic rings. The van der Waals surface area contributed by atoms with Gasteiger partial charge in [-0.2, -0.15) is 13.9 Å². The van der Waals surface area contributed by atoms with Crippen LogP contribution in [0.25, 0.3) is 0 Å². The molecule has 0 aliphatic carbocycles. The first-order valence-corrected chi connectivity index (χ1v) is 6.07. The summed E-state index contributed by atoms with van der Waals surface area (Å²) in [5.41, 5.74) is 4.16. The van der Waals surface area contributed by atoms with Gasteiger partial charge in [-0.15, -0.1) is 0 Å². The van der Waals surface area contributed by atoms with Crippen LogP contribution in [0.5, 0.6) is 5.75 Å². The molecule has 7 heteroatoms. The second-order valence-corrected chi connectivity index (χ2v) is 3.98. The largest absolute Gasteiger partial charge is 0.435 e. The van der Waals surface area contributed by atoms with Gasteiger partial charge in [0.2, 0.25) is 0 Å². The average molecular weight is 287 g/mol. The highest BCUT2D eigenvalue weighted by Gasteiger charge is 2.04. The summed E-state index contributed by atoms with van der Waals surface area (Å²) >= 11 is 4.96. The number of alkyl halides is 2. The van der Waals surface area contributed by atoms with Crippen LogP contribution in [0, 0.1) is 0 Å². The first-order chi connectivity index (χ1) is 9.02. The Kier molecular flexibility index (Phi) is 6.14. The Labute approximate surface area is 115 Å². The number of nitrogens with zero attached hydrogens (tertiary/aromatic N) is 1. The van der Waals surface area contributed by atoms with E-state index in [1.165, 1.54) is 12.1 Å². The maximum absolute atomic E-state index is 12.0. The highest BCUT2D eigenvalue weighted by Crippen LogP contribution is 2.15. The van der Waals surface area contributed by atoms with E-state index in [0.29, 0.717) is 17.4 Å². The number of hydrogen-bond acceptors (Lipinski definition) is 3. The molecule has 1 rings (SSSR count). The van der Waals surface area contributed by atoms with Gasteiger partial charge in [-0.25, -0.2) is 0 Å². The molecule has 0 saturated heterocycles. The molecule has 0 spiro atoms. The van der Waals surface area contributed by atoms with E-state index in [-0.39, 0.29) is 5.75 Å². The van der Waals surface area contributed by atoms with Crippen molar-refractivity contribution < 1.29 is 13.5 Å². The van der Waals surface area contributed by atoms with E-state index in [1.54, 1.807) is 19.1 Å². The van der Waals surface area contributed by atoms with E-state index in [9.17, 15) is 8.78 Å². The normalized spacial score (nSPS) is 11.3. The first-order valence-electron chi connectivity index (χ1n) is 5.66. The van der Waals surface area contributed by atoms with E-state index in [1.807, 2.05) is 6.92 Å². The molecule has 0 unspecified atom stereocenters. The molecule has 0 aromatic heterocycles. The summed E-state index contributed by atoms with van der Waals surface area (Å²) in [5, 5.41) is 7.40. The fourth-order valence-electron chi connectivity index (χ4n) is 1.28. The minimum absolute atomic E-state index is 0.114. The molecule has 104 valence electrons. The van der Waals surface area contributed by atoms with Gasteiger partial charge >= 0.3 is 6.61 Å². The summed E-state index contributed by atoms with van der Waals surface area (Å²) in [4.78, 5) is 0. The number of thiocarbonyl (C=S) groups is 1. The van der Waals surface area contributed by atoms with Crippen LogP contribution in [0.1, 0.15) is 19.4 Å². The second kappa shape index (κ2) is 7.63. The summed E-state index contributed by atoms with van der Waals surface area (Å²) in [6, 6.07) is 6.22. The van der Waals surface area contributed by atoms with Gasteiger partial charge in [0.05, 0.1) is 5.71 Å². The highest BCUT2D eigenvalue weighted by molar-refractivity contribution is 7.80. The van der Waals surface area contributed by atoms with Crippen molar-refractivity contribution in [1.82, 2.24) is 10.7 Å². The minimum atomic E-state index is -2.82. The molecule has 0 aliphatic rings. The molecule has 0 heterocycles. The zero-order valence-electron chi connectivity index (χ0n) is 10.6. The van der Waals surface area contributed by atoms with Gasteiger partial charge < -0.3 is 10.1 Å². The molecular formula is C12H15F2N3OS. The van der Waals surface area contributed by atoms with Crippen LogP contribution < -0.4 is 15.5 Å². The topological polar surface area (TPSA) is 45.7 Å². The predicted octanol–water partition coefficient (Wildman–Crippen LogP) is 2.50. The van der Waals surface area contributed by atoms with Crippen molar-refractivity contribution in [2.45, 2.75) is 20.5 Å². The van der Waals surface area contributed by atoms with Crippen LogP contribution in [-0.4, -0.2) is 24.0 Å². The number of rotatable bonds is 5. The number of hydrazone groups is 1. The third-order valence-electron chi connectivity index (χ3n) is 2.16. The lowest BCUT2D eigenvalue weighted by atomic mass is 10.1. The molecule has 0 saturated carbocycles. The Morgan fingerprint density at radius 2 is 2.00 bits per heavy atom. The Bertz CT molecular complexity index is 449. The number of hydrogen-bond donors (Lipinski definition) is 2. The Hall–Kier alpha value is -1.76. The van der Waals surface area contributed by atoms with Crippen molar-refractivity contribution in [3.63, 3.8) is 0 Å². The number of nitrogens with one attached hydrogen (secondary N) is 2. The lowest BCUT2D eigenvalue weighted by Gasteiger charge is -2.07. The Balaban J connectivity index is 2.64. The van der Waals surface area contributed by atoms with E-state index in [2.05, 4.69) is 20.6 Å². The molecule has 1 aromatic carbocycles. The van der Waals surface area contributed by atoms with Crippen molar-refractivity contribution in [3.8, 4) is 5.75 Å². The van der Waals surface area contributed by atoms with Crippen LogP contribution >= 0.6 is 12.2 Å². The third kappa shape index (κ3) is 5.60. The average Bonchev–Trinajstić information content (AvgIpc) is 2.36. The molecule has 2 N–H and O–H groups in total. The quantitative estimate of drug-likeness (QED) is 0.496. The van der Waals surface area contributed by atoms with Crippen molar-refractivity contribution >= 4 is 23.0 Å². The molecule has 0 aliphatic heterocycles. The maximum atomic E-state index is 12.0. The molecule has 0 radical (unpaired) electrons. The fourth-order valence-corrected chi connectivity index (χ4v) is 1.47. The Morgan fingerprint density at radius 3 is 2.53 bits per heavy atom. The van der Waals surface area contributed by atoms with Crippen molar-refractivity contribution in [2.75, 3.05) is 6.54 Å². The summed E-state index contributed by atoms with van der Waals surface area (Å²) in [6.07, 6.45) is 0. The number of ether oxygens (including phenoxy) is 1. The van der Waals surface area contributed by atoms with Crippen LogP contribution in [0.3, 0.4) is 0 Å². The maximum Gasteiger partial charge on any atom is 0.387 e. The van der Waals surface area contributed by atoms with Crippen LogP contribution in [0.15, 0.2) is 29.4 Å². The van der Waals surface area contributed by atoms with Gasteiger partial charge in [0.25, 0.3) is 0 Å². The molecule has 0 atom stereocenters. The Morgan fingerprint density at radius 1 is 1.37 bits per heavy atom. The van der Waals surface area contributed by atoms with Crippen molar-refractivity contribution in [3.05, 3.63) is 29.8 Å². The molecule has 4 nitrogen and oxygen atoms in total. The SMILES string of the molecule is CCNC(=S)N/N=C(\C)c1ccc(OC(F)F)cc1. The van der Waals surface area contributed by atoms with Crippen LogP contribution in [0.2, 0.25) is 0 Å². The zero-order chi connectivity index (χ0) is 14.3. The lowest BCUT2D eigenvalue weighted by Crippen LogP contribution is -2.32. The molecule has 19 heavy (non-hydrogen) atoms.